The molecule has 0 fully saturated rings. The van der Waals surface area contributed by atoms with Gasteiger partial charge in [-0.15, -0.1) is 0 Å². The fraction of sp³-hybridized carbons (Fsp3) is 0. The molecule has 0 radical (unpaired) electrons. The van der Waals surface area contributed by atoms with Crippen LogP contribution in [0.5, 0.6) is 0 Å². The van der Waals surface area contributed by atoms with Crippen LogP contribution < -0.4 is 9.80 Å². The Hall–Kier alpha value is -12.7. The van der Waals surface area contributed by atoms with Crippen molar-refractivity contribution in [1.82, 2.24) is 9.13 Å². The Bertz CT molecular complexity index is 6770. The van der Waals surface area contributed by atoms with Crippen LogP contribution in [0.1, 0.15) is 32.9 Å². The third-order valence-electron chi connectivity index (χ3n) is 17.1. The number of benzene rings is 15. The fourth-order valence-electron chi connectivity index (χ4n) is 13.0. The number of rotatable bonds is 13. The zero-order valence-corrected chi connectivity index (χ0v) is 50.0. The van der Waals surface area contributed by atoms with Crippen LogP contribution in [-0.2, 0) is 0 Å². The first-order valence-corrected chi connectivity index (χ1v) is 30.5. The first-order valence-electron chi connectivity index (χ1n) is 42.5. The van der Waals surface area contributed by atoms with Crippen LogP contribution in [0.15, 0.2) is 368 Å². The van der Waals surface area contributed by atoms with E-state index in [0.717, 1.165) is 9.13 Å². The van der Waals surface area contributed by atoms with Gasteiger partial charge in [0.2, 0.25) is 0 Å². The van der Waals surface area contributed by atoms with Crippen LogP contribution in [0, 0.1) is 0 Å². The topological polar surface area (TPSA) is 29.5 Å². The van der Waals surface area contributed by atoms with Gasteiger partial charge in [0.25, 0.3) is 0 Å². The summed E-state index contributed by atoms with van der Waals surface area (Å²) in [4.78, 5) is 3.09. The number of fused-ring (bicyclic) bond motifs is 9. The Labute approximate surface area is 584 Å². The summed E-state index contributed by atoms with van der Waals surface area (Å²) in [6.07, 6.45) is 0. The number of nitrogens with zero attached hydrogens (tertiary/aromatic N) is 4. The molecule has 0 amide bonds. The monoisotopic (exact) mass is 1240 g/mol. The van der Waals surface area contributed by atoms with Gasteiger partial charge >= 0.3 is 0 Å². The Balaban J connectivity index is 1.08. The van der Waals surface area contributed by atoms with E-state index in [-0.39, 0.29) is 22.7 Å². The molecule has 0 spiro atoms. The third-order valence-corrected chi connectivity index (χ3v) is 17.1. The molecule has 18 rings (SSSR count). The fourth-order valence-corrected chi connectivity index (χ4v) is 13.0. The van der Waals surface area contributed by atoms with Crippen molar-refractivity contribution in [3.05, 3.63) is 363 Å². The molecule has 0 aliphatic heterocycles. The maximum absolute atomic E-state index is 11.2. The SMILES string of the molecule is [2H]c1c([2H])c(N(c2cc(-c3ccc4oc5ccccc5c4c3)cc(N(c3c(-c4ccccc4)cccc3-c3ccccc3)c3c([2H])c([2H])c([2H])c(-n4c5c([2H])c([2H])c([2H])c([2H])c5c5c([2H])c([2H])c([2H])c([2H])c54)c3[2H])c2)c2c(-c3ccccc3)cccc2-c2ccccc2)c([2H])c(-n2c3c([2H])c([2H])c([2H])c([2H])c3c3c([2H])c([2H])c([2H])c([2H])c32)c1[2H]. The summed E-state index contributed by atoms with van der Waals surface area (Å²) in [7, 11) is 0. The van der Waals surface area contributed by atoms with Crippen molar-refractivity contribution in [3.8, 4) is 67.0 Å². The Morgan fingerprint density at radius 1 is 0.253 bits per heavy atom. The molecular weight excluding hydrogens is 1150 g/mol. The molecule has 15 aromatic carbocycles. The summed E-state index contributed by atoms with van der Waals surface area (Å²) in [6.45, 7) is 0. The minimum Gasteiger partial charge on any atom is -0.456 e. The number of aromatic nitrogens is 2. The highest BCUT2D eigenvalue weighted by atomic mass is 16.3. The average Bonchev–Trinajstić information content (AvgIpc) is 1.55. The van der Waals surface area contributed by atoms with Crippen LogP contribution in [0.3, 0.4) is 0 Å². The zero-order chi connectivity index (χ0) is 83.6. The highest BCUT2D eigenvalue weighted by molar-refractivity contribution is 6.12. The maximum Gasteiger partial charge on any atom is 0.135 e. The van der Waals surface area contributed by atoms with Crippen molar-refractivity contribution in [3.63, 3.8) is 0 Å². The van der Waals surface area contributed by atoms with Crippen LogP contribution in [0.25, 0.3) is 133 Å². The molecule has 0 aliphatic rings. The van der Waals surface area contributed by atoms with Gasteiger partial charge in [0, 0.05) is 88.7 Å². The maximum atomic E-state index is 11.2. The molecule has 5 heteroatoms. The average molecular weight is 1240 g/mol. The zero-order valence-electron chi connectivity index (χ0n) is 74.0. The predicted octanol–water partition coefficient (Wildman–Crippen LogP) is 25.1. The van der Waals surface area contributed by atoms with Crippen molar-refractivity contribution in [2.45, 2.75) is 0 Å². The van der Waals surface area contributed by atoms with E-state index in [1.807, 2.05) is 188 Å². The van der Waals surface area contributed by atoms with Gasteiger partial charge in [-0.1, -0.05) is 267 Å². The summed E-state index contributed by atoms with van der Waals surface area (Å²) in [5.41, 5.74) is 1.85. The molecule has 0 atom stereocenters. The van der Waals surface area contributed by atoms with Crippen molar-refractivity contribution in [2.75, 3.05) is 9.80 Å². The first kappa shape index (κ1) is 35.8. The molecule has 18 aromatic rings. The van der Waals surface area contributed by atoms with Crippen molar-refractivity contribution in [1.29, 1.82) is 0 Å². The van der Waals surface area contributed by atoms with Gasteiger partial charge in [0.1, 0.15) is 11.2 Å². The minimum absolute atomic E-state index is 0.00862. The van der Waals surface area contributed by atoms with E-state index in [9.17, 15) is 21.9 Å². The molecule has 0 N–H and O–H groups in total. The smallest absolute Gasteiger partial charge is 0.135 e. The van der Waals surface area contributed by atoms with Gasteiger partial charge in [-0.05, 0) is 130 Å². The lowest BCUT2D eigenvalue weighted by Crippen LogP contribution is -2.16. The third kappa shape index (κ3) is 9.56. The summed E-state index contributed by atoms with van der Waals surface area (Å²) in [5.74, 6) is 0. The van der Waals surface area contributed by atoms with Crippen LogP contribution >= 0.6 is 0 Å². The molecule has 0 unspecified atom stereocenters. The number of anilines is 6. The van der Waals surface area contributed by atoms with Gasteiger partial charge in [-0.3, -0.25) is 0 Å². The Kier molecular flexibility index (Phi) is 8.74. The predicted molar refractivity (Wildman–Crippen MR) is 399 cm³/mol. The lowest BCUT2D eigenvalue weighted by atomic mass is 9.93. The summed E-state index contributed by atoms with van der Waals surface area (Å²) in [6, 6.07) is 46.4. The van der Waals surface area contributed by atoms with E-state index < -0.39 is 211 Å². The van der Waals surface area contributed by atoms with Gasteiger partial charge in [0.05, 0.1) is 66.3 Å². The normalized spacial score (nSPS) is 15.1. The largest absolute Gasteiger partial charge is 0.456 e. The van der Waals surface area contributed by atoms with E-state index >= 15 is 0 Å². The highest BCUT2D eigenvalue weighted by Crippen LogP contribution is 2.53. The van der Waals surface area contributed by atoms with E-state index in [4.69, 9.17) is 15.4 Å². The standard InChI is InChI=1S/C90H60N4O/c1-5-27-61(28-6-1)73-44-25-45-74(62-29-7-2-8-30-62)89(73)91(67-35-23-37-69(58-67)93-83-48-18-13-39-77(83)78-40-14-19-49-84(78)93)71-55-66(65-53-54-88-82(57-65)81-43-17-22-52-87(81)95-88)56-72(60-71)92(90-75(63-31-9-3-10-32-63)46-26-47-76(90)64-33-11-4-12-34-64)68-36-24-38-70(59-68)94-85-50-20-15-41-79(85)80-42-16-21-51-86(80)94/h1-60H/i13D,14D,15D,16D,18D,19D,20D,21D,23D,24D,35D,36D,37D,38D,39D,40D,41D,42D,48D,49D,50D,51D,58D,59D. The quantitative estimate of drug-likeness (QED) is 0.115. The first-order chi connectivity index (χ1) is 57.1. The highest BCUT2D eigenvalue weighted by Gasteiger charge is 2.29. The summed E-state index contributed by atoms with van der Waals surface area (Å²) < 4.78 is 242. The van der Waals surface area contributed by atoms with Gasteiger partial charge in [-0.2, -0.15) is 0 Å². The second kappa shape index (κ2) is 23.2. The summed E-state index contributed by atoms with van der Waals surface area (Å²) >= 11 is 0. The molecule has 0 saturated carbocycles. The van der Waals surface area contributed by atoms with E-state index in [1.54, 1.807) is 40.1 Å². The van der Waals surface area contributed by atoms with Gasteiger partial charge in [-0.25, -0.2) is 0 Å². The molecular formula is C90H60N4O. The number of hydrogen-bond donors (Lipinski definition) is 0. The van der Waals surface area contributed by atoms with Crippen LogP contribution in [-0.4, -0.2) is 9.13 Å². The van der Waals surface area contributed by atoms with Crippen LogP contribution in [0.4, 0.5) is 34.1 Å². The van der Waals surface area contributed by atoms with Gasteiger partial charge < -0.3 is 23.4 Å². The second-order valence-electron chi connectivity index (χ2n) is 22.5. The van der Waals surface area contributed by atoms with Gasteiger partial charge in [0.15, 0.2) is 0 Å². The number of hydrogen-bond acceptors (Lipinski definition) is 3. The molecule has 3 heterocycles. The van der Waals surface area contributed by atoms with Crippen molar-refractivity contribution in [2.24, 2.45) is 0 Å². The molecule has 3 aromatic heterocycles. The molecule has 5 nitrogen and oxygen atoms in total. The molecule has 95 heavy (non-hydrogen) atoms. The molecule has 0 aliphatic carbocycles. The Morgan fingerprint density at radius 3 is 1.03 bits per heavy atom. The van der Waals surface area contributed by atoms with E-state index in [2.05, 4.69) is 0 Å². The second-order valence-corrected chi connectivity index (χ2v) is 22.5. The molecule has 446 valence electrons. The van der Waals surface area contributed by atoms with Crippen molar-refractivity contribution >= 4 is 99.7 Å². The number of para-hydroxylation sites is 7. The molecule has 0 bridgehead atoms. The van der Waals surface area contributed by atoms with E-state index in [1.165, 1.54) is 0 Å². The summed E-state index contributed by atoms with van der Waals surface area (Å²) in [5, 5.41) is -0.226. The number of furan rings is 1. The van der Waals surface area contributed by atoms with Crippen molar-refractivity contribution < 1.29 is 37.3 Å². The minimum atomic E-state index is -0.867. The lowest BCUT2D eigenvalue weighted by Gasteiger charge is -2.34. The van der Waals surface area contributed by atoms with Crippen LogP contribution in [0.2, 0.25) is 0 Å². The van der Waals surface area contributed by atoms with E-state index in [0.29, 0.717) is 77.6 Å². The lowest BCUT2D eigenvalue weighted by molar-refractivity contribution is 0.669. The Morgan fingerprint density at radius 2 is 0.621 bits per heavy atom. The molecule has 0 saturated heterocycles.